The normalized spacial score (nSPS) is 19.1. The molecule has 1 aliphatic heterocycles. The Labute approximate surface area is 107 Å². The lowest BCUT2D eigenvalue weighted by Gasteiger charge is -2.16. The average Bonchev–Trinajstić information content (AvgIpc) is 2.72. The van der Waals surface area contributed by atoms with Gasteiger partial charge in [-0.1, -0.05) is 12.1 Å². The van der Waals surface area contributed by atoms with Crippen LogP contribution in [0.15, 0.2) is 24.3 Å². The highest BCUT2D eigenvalue weighted by atomic mass is 16.5. The highest BCUT2D eigenvalue weighted by molar-refractivity contribution is 5.99. The molecule has 0 aromatic heterocycles. The van der Waals surface area contributed by atoms with Gasteiger partial charge < -0.3 is 9.64 Å². The summed E-state index contributed by atoms with van der Waals surface area (Å²) in [7, 11) is 0. The molecule has 1 atom stereocenters. The van der Waals surface area contributed by atoms with E-state index in [9.17, 15) is 9.59 Å². The largest absolute Gasteiger partial charge is 0.466 e. The number of hydrogen-bond acceptors (Lipinski definition) is 3. The molecule has 1 aromatic rings. The third-order valence-electron chi connectivity index (χ3n) is 3.06. The second-order valence-electron chi connectivity index (χ2n) is 4.50. The van der Waals surface area contributed by atoms with E-state index in [-0.39, 0.29) is 24.2 Å². The molecule has 1 aromatic carbocycles. The Kier molecular flexibility index (Phi) is 3.65. The molecule has 0 N–H and O–H groups in total. The highest BCUT2D eigenvalue weighted by Gasteiger charge is 2.35. The zero-order chi connectivity index (χ0) is 13.1. The topological polar surface area (TPSA) is 46.6 Å². The molecule has 18 heavy (non-hydrogen) atoms. The Morgan fingerprint density at radius 1 is 1.50 bits per heavy atom. The minimum atomic E-state index is -0.335. The van der Waals surface area contributed by atoms with Crippen molar-refractivity contribution < 1.29 is 14.3 Å². The number of nitrogens with zero attached hydrogens (tertiary/aromatic N) is 1. The van der Waals surface area contributed by atoms with Gasteiger partial charge in [0.25, 0.3) is 0 Å². The summed E-state index contributed by atoms with van der Waals surface area (Å²) < 4.78 is 4.96. The number of carbonyl (C=O) groups excluding carboxylic acids is 2. The molecule has 4 nitrogen and oxygen atoms in total. The van der Waals surface area contributed by atoms with Gasteiger partial charge in [0, 0.05) is 18.7 Å². The lowest BCUT2D eigenvalue weighted by atomic mass is 10.1. The van der Waals surface area contributed by atoms with Crippen molar-refractivity contribution in [1.29, 1.82) is 0 Å². The van der Waals surface area contributed by atoms with Crippen LogP contribution in [-0.2, 0) is 14.3 Å². The van der Waals surface area contributed by atoms with Crippen LogP contribution >= 0.6 is 0 Å². The third kappa shape index (κ3) is 2.53. The van der Waals surface area contributed by atoms with Gasteiger partial charge in [0.1, 0.15) is 0 Å². The highest BCUT2D eigenvalue weighted by Crippen LogP contribution is 2.26. The van der Waals surface area contributed by atoms with E-state index in [4.69, 9.17) is 4.74 Å². The molecule has 1 aliphatic rings. The van der Waals surface area contributed by atoms with E-state index in [2.05, 4.69) is 0 Å². The van der Waals surface area contributed by atoms with Crippen molar-refractivity contribution in [3.05, 3.63) is 29.8 Å². The van der Waals surface area contributed by atoms with Crippen molar-refractivity contribution in [1.82, 2.24) is 0 Å². The maximum Gasteiger partial charge on any atom is 0.311 e. The van der Waals surface area contributed by atoms with Crippen LogP contribution in [-0.4, -0.2) is 25.0 Å². The van der Waals surface area contributed by atoms with Gasteiger partial charge in [0.2, 0.25) is 5.91 Å². The zero-order valence-corrected chi connectivity index (χ0v) is 10.7. The van der Waals surface area contributed by atoms with Gasteiger partial charge in [0.05, 0.1) is 12.5 Å². The quantitative estimate of drug-likeness (QED) is 0.766. The van der Waals surface area contributed by atoms with Gasteiger partial charge in [0.15, 0.2) is 0 Å². The van der Waals surface area contributed by atoms with Crippen molar-refractivity contribution in [3.8, 4) is 0 Å². The van der Waals surface area contributed by atoms with Crippen molar-refractivity contribution in [2.75, 3.05) is 18.1 Å². The van der Waals surface area contributed by atoms with Gasteiger partial charge in [-0.25, -0.2) is 0 Å². The fourth-order valence-electron chi connectivity index (χ4n) is 2.17. The van der Waals surface area contributed by atoms with Crippen LogP contribution in [0, 0.1) is 12.8 Å². The number of hydrogen-bond donors (Lipinski definition) is 0. The van der Waals surface area contributed by atoms with Crippen LogP contribution in [0.25, 0.3) is 0 Å². The van der Waals surface area contributed by atoms with Crippen LogP contribution < -0.4 is 4.90 Å². The van der Waals surface area contributed by atoms with E-state index in [1.165, 1.54) is 0 Å². The Balaban J connectivity index is 2.12. The Hall–Kier alpha value is -1.84. The summed E-state index contributed by atoms with van der Waals surface area (Å²) in [5, 5.41) is 0. The van der Waals surface area contributed by atoms with E-state index >= 15 is 0 Å². The number of benzene rings is 1. The number of ether oxygens (including phenoxy) is 1. The molecule has 0 aliphatic carbocycles. The van der Waals surface area contributed by atoms with E-state index < -0.39 is 0 Å². The number of anilines is 1. The zero-order valence-electron chi connectivity index (χ0n) is 10.7. The first-order valence-corrected chi connectivity index (χ1v) is 6.15. The minimum absolute atomic E-state index is 0.0151. The molecule has 1 amide bonds. The molecule has 1 saturated heterocycles. The summed E-state index contributed by atoms with van der Waals surface area (Å²) in [5.41, 5.74) is 1.95. The molecule has 0 unspecified atom stereocenters. The molecular weight excluding hydrogens is 230 g/mol. The maximum atomic E-state index is 11.9. The summed E-state index contributed by atoms with van der Waals surface area (Å²) in [5.74, 6) is -0.627. The molecule has 0 spiro atoms. The second kappa shape index (κ2) is 5.21. The predicted molar refractivity (Wildman–Crippen MR) is 68.3 cm³/mol. The SMILES string of the molecule is CCOC(=O)[C@@H]1CC(=O)N(c2cccc(C)c2)C1. The summed E-state index contributed by atoms with van der Waals surface area (Å²) in [6, 6.07) is 7.73. The first-order valence-electron chi connectivity index (χ1n) is 6.15. The number of rotatable bonds is 3. The molecule has 0 bridgehead atoms. The number of amides is 1. The average molecular weight is 247 g/mol. The first kappa shape index (κ1) is 12.6. The molecule has 2 rings (SSSR count). The van der Waals surface area contributed by atoms with Crippen LogP contribution in [0.3, 0.4) is 0 Å². The number of esters is 1. The molecule has 1 fully saturated rings. The number of aryl methyl sites for hydroxylation is 1. The predicted octanol–water partition coefficient (Wildman–Crippen LogP) is 1.91. The van der Waals surface area contributed by atoms with Crippen LogP contribution in [0.4, 0.5) is 5.69 Å². The Morgan fingerprint density at radius 2 is 2.28 bits per heavy atom. The lowest BCUT2D eigenvalue weighted by Crippen LogP contribution is -2.26. The van der Waals surface area contributed by atoms with Crippen molar-refractivity contribution in [2.24, 2.45) is 5.92 Å². The molecule has 0 saturated carbocycles. The minimum Gasteiger partial charge on any atom is -0.466 e. The first-order chi connectivity index (χ1) is 8.61. The van der Waals surface area contributed by atoms with E-state index in [0.717, 1.165) is 11.3 Å². The van der Waals surface area contributed by atoms with Gasteiger partial charge in [-0.15, -0.1) is 0 Å². The molecule has 96 valence electrons. The van der Waals surface area contributed by atoms with E-state index in [1.807, 2.05) is 31.2 Å². The summed E-state index contributed by atoms with van der Waals surface area (Å²) >= 11 is 0. The maximum absolute atomic E-state index is 11.9. The number of carbonyl (C=O) groups is 2. The molecule has 1 heterocycles. The lowest BCUT2D eigenvalue weighted by molar-refractivity contribution is -0.147. The summed E-state index contributed by atoms with van der Waals surface area (Å²) in [4.78, 5) is 25.2. The summed E-state index contributed by atoms with van der Waals surface area (Å²) in [6.07, 6.45) is 0.243. The van der Waals surface area contributed by atoms with Gasteiger partial charge in [-0.3, -0.25) is 9.59 Å². The second-order valence-corrected chi connectivity index (χ2v) is 4.50. The van der Waals surface area contributed by atoms with Crippen molar-refractivity contribution in [2.45, 2.75) is 20.3 Å². The van der Waals surface area contributed by atoms with E-state index in [0.29, 0.717) is 13.2 Å². The summed E-state index contributed by atoms with van der Waals surface area (Å²) in [6.45, 7) is 4.52. The monoisotopic (exact) mass is 247 g/mol. The standard InChI is InChI=1S/C14H17NO3/c1-3-18-14(17)11-8-13(16)15(9-11)12-6-4-5-10(2)7-12/h4-7,11H,3,8-9H2,1-2H3/t11-/m1/s1. The Bertz CT molecular complexity index is 470. The van der Waals surface area contributed by atoms with E-state index in [1.54, 1.807) is 11.8 Å². The molecule has 4 heteroatoms. The third-order valence-corrected chi connectivity index (χ3v) is 3.06. The van der Waals surface area contributed by atoms with Gasteiger partial charge in [-0.05, 0) is 31.5 Å². The van der Waals surface area contributed by atoms with Crippen molar-refractivity contribution >= 4 is 17.6 Å². The van der Waals surface area contributed by atoms with Crippen LogP contribution in [0.2, 0.25) is 0 Å². The fraction of sp³-hybridized carbons (Fsp3) is 0.429. The molecule has 0 radical (unpaired) electrons. The van der Waals surface area contributed by atoms with Crippen molar-refractivity contribution in [3.63, 3.8) is 0 Å². The fourth-order valence-corrected chi connectivity index (χ4v) is 2.17. The van der Waals surface area contributed by atoms with Gasteiger partial charge >= 0.3 is 5.97 Å². The smallest absolute Gasteiger partial charge is 0.311 e. The molecular formula is C14H17NO3. The van der Waals surface area contributed by atoms with Gasteiger partial charge in [-0.2, -0.15) is 0 Å². The van der Waals surface area contributed by atoms with Crippen LogP contribution in [0.1, 0.15) is 18.9 Å². The van der Waals surface area contributed by atoms with Crippen LogP contribution in [0.5, 0.6) is 0 Å². The Morgan fingerprint density at radius 3 is 2.94 bits per heavy atom.